The second-order valence-electron chi connectivity index (χ2n) is 5.74. The van der Waals surface area contributed by atoms with Crippen molar-refractivity contribution in [2.24, 2.45) is 0 Å². The lowest BCUT2D eigenvalue weighted by Crippen LogP contribution is -2.45. The number of aryl methyl sites for hydroxylation is 1. The molecule has 1 fully saturated rings. The van der Waals surface area contributed by atoms with Gasteiger partial charge in [-0.15, -0.1) is 0 Å². The van der Waals surface area contributed by atoms with E-state index in [0.29, 0.717) is 24.8 Å². The first kappa shape index (κ1) is 16.6. The van der Waals surface area contributed by atoms with Gasteiger partial charge in [-0.05, 0) is 12.5 Å². The van der Waals surface area contributed by atoms with Gasteiger partial charge in [0, 0.05) is 13.2 Å². The monoisotopic (exact) mass is 331 g/mol. The molecule has 0 radical (unpaired) electrons. The van der Waals surface area contributed by atoms with Crippen molar-refractivity contribution in [2.75, 3.05) is 25.6 Å². The minimum atomic E-state index is -0.549. The highest BCUT2D eigenvalue weighted by Gasteiger charge is 2.33. The first-order valence-electron chi connectivity index (χ1n) is 7.83. The number of anilines is 1. The molecule has 1 aromatic carbocycles. The summed E-state index contributed by atoms with van der Waals surface area (Å²) in [6, 6.07) is 10.6. The Kier molecular flexibility index (Phi) is 5.24. The summed E-state index contributed by atoms with van der Waals surface area (Å²) in [7, 11) is 1.64. The Morgan fingerprint density at radius 1 is 1.33 bits per heavy atom. The van der Waals surface area contributed by atoms with E-state index in [1.807, 2.05) is 30.3 Å². The van der Waals surface area contributed by atoms with Crippen LogP contribution in [0.1, 0.15) is 17.4 Å². The van der Waals surface area contributed by atoms with Crippen LogP contribution >= 0.6 is 0 Å². The lowest BCUT2D eigenvalue weighted by Gasteiger charge is -2.24. The summed E-state index contributed by atoms with van der Waals surface area (Å²) in [5, 5.41) is 9.93. The summed E-state index contributed by atoms with van der Waals surface area (Å²) in [5.41, 5.74) is 0.858. The van der Waals surface area contributed by atoms with Crippen LogP contribution in [0.2, 0.25) is 0 Å². The molecule has 1 aromatic heterocycles. The van der Waals surface area contributed by atoms with E-state index >= 15 is 0 Å². The largest absolute Gasteiger partial charge is 0.377 e. The van der Waals surface area contributed by atoms with Crippen molar-refractivity contribution in [3.8, 4) is 0 Å². The zero-order valence-electron chi connectivity index (χ0n) is 13.7. The van der Waals surface area contributed by atoms with Gasteiger partial charge in [-0.1, -0.05) is 35.5 Å². The van der Waals surface area contributed by atoms with Crippen molar-refractivity contribution in [1.82, 2.24) is 10.5 Å². The highest BCUT2D eigenvalue weighted by atomic mass is 16.5. The molecule has 1 unspecified atom stereocenters. The summed E-state index contributed by atoms with van der Waals surface area (Å²) in [5.74, 6) is 0.820. The van der Waals surface area contributed by atoms with Gasteiger partial charge >= 0.3 is 0 Å². The van der Waals surface area contributed by atoms with Gasteiger partial charge in [-0.2, -0.15) is 0 Å². The van der Waals surface area contributed by atoms with Crippen LogP contribution in [-0.2, 0) is 14.3 Å². The van der Waals surface area contributed by atoms with E-state index in [9.17, 15) is 4.79 Å². The quantitative estimate of drug-likeness (QED) is 0.837. The average molecular weight is 331 g/mol. The van der Waals surface area contributed by atoms with E-state index in [-0.39, 0.29) is 18.1 Å². The minimum absolute atomic E-state index is 0.0648. The molecule has 1 saturated heterocycles. The maximum absolute atomic E-state index is 12.8. The molecule has 0 spiro atoms. The molecule has 7 heteroatoms. The number of hydrogen-bond donors (Lipinski definition) is 2. The van der Waals surface area contributed by atoms with Crippen LogP contribution in [0.15, 0.2) is 40.9 Å². The number of carbonyl (C=O) groups is 1. The van der Waals surface area contributed by atoms with E-state index in [0.717, 1.165) is 5.56 Å². The summed E-state index contributed by atoms with van der Waals surface area (Å²) in [6.07, 6.45) is -0.0849. The Hall–Kier alpha value is -2.22. The number of hydrogen-bond acceptors (Lipinski definition) is 6. The summed E-state index contributed by atoms with van der Waals surface area (Å²) in [6.45, 7) is 2.78. The van der Waals surface area contributed by atoms with Crippen molar-refractivity contribution in [2.45, 2.75) is 25.1 Å². The summed E-state index contributed by atoms with van der Waals surface area (Å²) >= 11 is 0. The maximum atomic E-state index is 12.8. The first-order chi connectivity index (χ1) is 11.7. The molecule has 0 saturated carbocycles. The maximum Gasteiger partial charge on any atom is 0.247 e. The zero-order valence-corrected chi connectivity index (χ0v) is 13.7. The van der Waals surface area contributed by atoms with Crippen LogP contribution in [0.25, 0.3) is 0 Å². The van der Waals surface area contributed by atoms with Gasteiger partial charge in [-0.25, -0.2) is 0 Å². The fourth-order valence-corrected chi connectivity index (χ4v) is 2.73. The number of nitrogens with one attached hydrogen (secondary N) is 2. The molecule has 0 aliphatic carbocycles. The number of benzene rings is 1. The third kappa shape index (κ3) is 3.81. The second-order valence-corrected chi connectivity index (χ2v) is 5.74. The molecular formula is C17H21N3O4. The highest BCUT2D eigenvalue weighted by molar-refractivity contribution is 5.94. The Bertz CT molecular complexity index is 673. The molecule has 2 aromatic rings. The number of methoxy groups -OCH3 is 1. The van der Waals surface area contributed by atoms with Crippen molar-refractivity contribution in [3.05, 3.63) is 47.7 Å². The molecule has 7 nitrogen and oxygen atoms in total. The van der Waals surface area contributed by atoms with E-state index in [1.54, 1.807) is 20.1 Å². The highest BCUT2D eigenvalue weighted by Crippen LogP contribution is 2.20. The molecule has 1 aliphatic rings. The summed E-state index contributed by atoms with van der Waals surface area (Å²) < 4.78 is 15.9. The van der Waals surface area contributed by atoms with Crippen molar-refractivity contribution in [3.63, 3.8) is 0 Å². The Balaban J connectivity index is 1.78. The Labute approximate surface area is 140 Å². The van der Waals surface area contributed by atoms with Crippen molar-refractivity contribution >= 4 is 11.7 Å². The molecule has 1 aliphatic heterocycles. The van der Waals surface area contributed by atoms with Crippen LogP contribution < -0.4 is 10.6 Å². The zero-order chi connectivity index (χ0) is 16.9. The average Bonchev–Trinajstić information content (AvgIpc) is 3.21. The first-order valence-corrected chi connectivity index (χ1v) is 7.83. The van der Waals surface area contributed by atoms with Gasteiger partial charge in [0.25, 0.3) is 0 Å². The molecule has 128 valence electrons. The smallest absolute Gasteiger partial charge is 0.247 e. The molecule has 2 N–H and O–H groups in total. The van der Waals surface area contributed by atoms with Crippen LogP contribution in [0.3, 0.4) is 0 Å². The number of carbonyl (C=O) groups excluding carboxylic acids is 1. The van der Waals surface area contributed by atoms with E-state index < -0.39 is 6.04 Å². The normalized spacial score (nSPS) is 21.6. The lowest BCUT2D eigenvalue weighted by molar-refractivity contribution is -0.118. The number of nitrogens with zero attached hydrogens (tertiary/aromatic N) is 1. The van der Waals surface area contributed by atoms with Crippen LogP contribution in [0.5, 0.6) is 0 Å². The van der Waals surface area contributed by atoms with E-state index in [2.05, 4.69) is 15.8 Å². The van der Waals surface area contributed by atoms with Gasteiger partial charge in [0.15, 0.2) is 5.82 Å². The van der Waals surface area contributed by atoms with Gasteiger partial charge in [0.05, 0.1) is 25.4 Å². The topological polar surface area (TPSA) is 85.6 Å². The van der Waals surface area contributed by atoms with Gasteiger partial charge < -0.3 is 19.3 Å². The Morgan fingerprint density at radius 3 is 2.79 bits per heavy atom. The number of ether oxygens (including phenoxy) is 2. The molecule has 24 heavy (non-hydrogen) atoms. The fraction of sp³-hybridized carbons (Fsp3) is 0.412. The van der Waals surface area contributed by atoms with E-state index in [1.165, 1.54) is 0 Å². The molecule has 2 heterocycles. The van der Waals surface area contributed by atoms with Gasteiger partial charge in [-0.3, -0.25) is 10.1 Å². The third-order valence-electron chi connectivity index (χ3n) is 3.99. The lowest BCUT2D eigenvalue weighted by atomic mass is 10.0. The predicted octanol–water partition coefficient (Wildman–Crippen LogP) is 1.67. The van der Waals surface area contributed by atoms with Crippen molar-refractivity contribution in [1.29, 1.82) is 0 Å². The molecular weight excluding hydrogens is 310 g/mol. The van der Waals surface area contributed by atoms with Crippen LogP contribution in [0, 0.1) is 6.92 Å². The second kappa shape index (κ2) is 7.57. The number of rotatable bonds is 6. The van der Waals surface area contributed by atoms with Gasteiger partial charge in [0.1, 0.15) is 11.8 Å². The van der Waals surface area contributed by atoms with Crippen molar-refractivity contribution < 1.29 is 18.8 Å². The number of aromatic nitrogens is 1. The summed E-state index contributed by atoms with van der Waals surface area (Å²) in [4.78, 5) is 12.8. The number of amides is 1. The Morgan fingerprint density at radius 2 is 2.12 bits per heavy atom. The SMILES string of the molecule is CO[C@@H]1COC[C@H]1NC(C(=O)Nc1cc(C)on1)c1ccccc1. The van der Waals surface area contributed by atoms with Crippen LogP contribution in [-0.4, -0.2) is 43.5 Å². The molecule has 0 bridgehead atoms. The standard InChI is InChI=1S/C17H21N3O4/c1-11-8-15(20-24-11)19-17(21)16(12-6-4-3-5-7-12)18-13-9-23-10-14(13)22-2/h3-8,13-14,16,18H,9-10H2,1-2H3,(H,19,20,21)/t13-,14-,16?/m1/s1. The molecule has 3 rings (SSSR count). The molecule has 3 atom stereocenters. The van der Waals surface area contributed by atoms with Crippen LogP contribution in [0.4, 0.5) is 5.82 Å². The predicted molar refractivity (Wildman–Crippen MR) is 87.6 cm³/mol. The molecule has 1 amide bonds. The third-order valence-corrected chi connectivity index (χ3v) is 3.99. The minimum Gasteiger partial charge on any atom is -0.377 e. The van der Waals surface area contributed by atoms with E-state index in [4.69, 9.17) is 14.0 Å². The van der Waals surface area contributed by atoms with Gasteiger partial charge in [0.2, 0.25) is 5.91 Å². The fourth-order valence-electron chi connectivity index (χ4n) is 2.73.